The van der Waals surface area contributed by atoms with Crippen LogP contribution in [-0.4, -0.2) is 45.4 Å². The molecule has 1 aromatic heterocycles. The molecule has 128 valence electrons. The predicted molar refractivity (Wildman–Crippen MR) is 86.7 cm³/mol. The molecule has 0 radical (unpaired) electrons. The van der Waals surface area contributed by atoms with E-state index < -0.39 is 11.9 Å². The molecule has 0 aliphatic carbocycles. The van der Waals surface area contributed by atoms with Gasteiger partial charge in [0.05, 0.1) is 39.7 Å². The molecule has 7 nitrogen and oxygen atoms in total. The molecule has 1 aromatic carbocycles. The van der Waals surface area contributed by atoms with Gasteiger partial charge in [-0.25, -0.2) is 9.59 Å². The second kappa shape index (κ2) is 7.08. The van der Waals surface area contributed by atoms with Gasteiger partial charge in [-0.1, -0.05) is 0 Å². The normalized spacial score (nSPS) is 10.2. The average molecular weight is 333 g/mol. The van der Waals surface area contributed by atoms with Crippen LogP contribution in [0.3, 0.4) is 0 Å². The van der Waals surface area contributed by atoms with E-state index in [4.69, 9.17) is 18.9 Å². The van der Waals surface area contributed by atoms with Gasteiger partial charge in [-0.15, -0.1) is 0 Å². The molecule has 1 heterocycles. The molecule has 0 saturated carbocycles. The van der Waals surface area contributed by atoms with Crippen LogP contribution in [0.1, 0.15) is 26.4 Å². The molecular formula is C17H19NO6. The highest BCUT2D eigenvalue weighted by Crippen LogP contribution is 2.37. The van der Waals surface area contributed by atoms with Crippen molar-refractivity contribution in [3.63, 3.8) is 0 Å². The van der Waals surface area contributed by atoms with E-state index in [0.29, 0.717) is 28.5 Å². The van der Waals surface area contributed by atoms with Crippen molar-refractivity contribution in [2.75, 3.05) is 28.4 Å². The number of ether oxygens (including phenoxy) is 4. The Balaban J connectivity index is 2.80. The van der Waals surface area contributed by atoms with Crippen LogP contribution in [-0.2, 0) is 9.47 Å². The third kappa shape index (κ3) is 2.92. The molecule has 0 bridgehead atoms. The Labute approximate surface area is 139 Å². The fourth-order valence-corrected chi connectivity index (χ4v) is 2.50. The van der Waals surface area contributed by atoms with Crippen molar-refractivity contribution in [1.82, 2.24) is 4.98 Å². The number of rotatable bonds is 5. The van der Waals surface area contributed by atoms with Crippen LogP contribution in [0.5, 0.6) is 11.5 Å². The molecule has 2 aromatic rings. The molecule has 1 N–H and O–H groups in total. The van der Waals surface area contributed by atoms with E-state index in [-0.39, 0.29) is 11.1 Å². The highest BCUT2D eigenvalue weighted by molar-refractivity contribution is 6.09. The zero-order valence-corrected chi connectivity index (χ0v) is 14.2. The maximum absolute atomic E-state index is 12.3. The SMILES string of the molecule is COC(=O)c1c(C)[nH]c(-c2cc(OC)ccc2OC)c1C(=O)OC. The largest absolute Gasteiger partial charge is 0.497 e. The fraction of sp³-hybridized carbons (Fsp3) is 0.294. The number of H-pyrrole nitrogens is 1. The zero-order valence-electron chi connectivity index (χ0n) is 14.2. The summed E-state index contributed by atoms with van der Waals surface area (Å²) in [5.41, 5.74) is 1.67. The van der Waals surface area contributed by atoms with E-state index in [0.717, 1.165) is 0 Å². The standard InChI is InChI=1S/C17H19NO6/c1-9-13(16(19)23-4)14(17(20)24-5)15(18-9)11-8-10(21-2)6-7-12(11)22-3/h6-8,18H,1-5H3. The third-order valence-corrected chi connectivity index (χ3v) is 3.64. The van der Waals surface area contributed by atoms with Crippen LogP contribution in [0.2, 0.25) is 0 Å². The third-order valence-electron chi connectivity index (χ3n) is 3.64. The molecule has 0 saturated heterocycles. The maximum atomic E-state index is 12.3. The lowest BCUT2D eigenvalue weighted by Gasteiger charge is -2.11. The lowest BCUT2D eigenvalue weighted by molar-refractivity contribution is 0.0556. The summed E-state index contributed by atoms with van der Waals surface area (Å²) in [5, 5.41) is 0. The van der Waals surface area contributed by atoms with E-state index in [2.05, 4.69) is 4.98 Å². The first-order valence-corrected chi connectivity index (χ1v) is 7.10. The smallest absolute Gasteiger partial charge is 0.340 e. The number of benzene rings is 1. The molecule has 0 unspecified atom stereocenters. The zero-order chi connectivity index (χ0) is 17.9. The molecule has 24 heavy (non-hydrogen) atoms. The van der Waals surface area contributed by atoms with E-state index in [1.54, 1.807) is 25.1 Å². The van der Waals surface area contributed by atoms with Crippen molar-refractivity contribution in [2.45, 2.75) is 6.92 Å². The molecule has 0 amide bonds. The van der Waals surface area contributed by atoms with E-state index in [1.807, 2.05) is 0 Å². The Kier molecular flexibility index (Phi) is 5.13. The minimum absolute atomic E-state index is 0.0911. The summed E-state index contributed by atoms with van der Waals surface area (Å²) in [6.45, 7) is 1.68. The molecular weight excluding hydrogens is 314 g/mol. The van der Waals surface area contributed by atoms with Gasteiger partial charge in [0.2, 0.25) is 0 Å². The van der Waals surface area contributed by atoms with Gasteiger partial charge in [-0.2, -0.15) is 0 Å². The van der Waals surface area contributed by atoms with Crippen LogP contribution in [0.4, 0.5) is 0 Å². The van der Waals surface area contributed by atoms with Crippen molar-refractivity contribution in [1.29, 1.82) is 0 Å². The first kappa shape index (κ1) is 17.4. The number of methoxy groups -OCH3 is 4. The number of esters is 2. The number of hydrogen-bond donors (Lipinski definition) is 1. The Bertz CT molecular complexity index is 778. The van der Waals surface area contributed by atoms with Crippen molar-refractivity contribution < 1.29 is 28.5 Å². The summed E-state index contributed by atoms with van der Waals surface area (Å²) < 4.78 is 20.2. The van der Waals surface area contributed by atoms with Crippen molar-refractivity contribution in [3.8, 4) is 22.8 Å². The summed E-state index contributed by atoms with van der Waals surface area (Å²) in [5.74, 6) is -0.191. The van der Waals surface area contributed by atoms with Crippen molar-refractivity contribution in [2.24, 2.45) is 0 Å². The molecule has 0 fully saturated rings. The number of carbonyl (C=O) groups excluding carboxylic acids is 2. The number of aromatic nitrogens is 1. The van der Waals surface area contributed by atoms with E-state index in [1.165, 1.54) is 28.4 Å². The molecule has 2 rings (SSSR count). The highest BCUT2D eigenvalue weighted by atomic mass is 16.5. The first-order valence-electron chi connectivity index (χ1n) is 7.10. The predicted octanol–water partition coefficient (Wildman–Crippen LogP) is 2.58. The van der Waals surface area contributed by atoms with Gasteiger partial charge in [0.15, 0.2) is 0 Å². The van der Waals surface area contributed by atoms with Crippen LogP contribution in [0.15, 0.2) is 18.2 Å². The number of aryl methyl sites for hydroxylation is 1. The maximum Gasteiger partial charge on any atom is 0.340 e. The van der Waals surface area contributed by atoms with Crippen LogP contribution in [0.25, 0.3) is 11.3 Å². The van der Waals surface area contributed by atoms with Gasteiger partial charge >= 0.3 is 11.9 Å². The second-order valence-electron chi connectivity index (χ2n) is 4.92. The van der Waals surface area contributed by atoms with Crippen LogP contribution < -0.4 is 9.47 Å². The van der Waals surface area contributed by atoms with Gasteiger partial charge in [0.25, 0.3) is 0 Å². The number of aromatic amines is 1. The van der Waals surface area contributed by atoms with E-state index in [9.17, 15) is 9.59 Å². The summed E-state index contributed by atoms with van der Waals surface area (Å²) >= 11 is 0. The van der Waals surface area contributed by atoms with Crippen molar-refractivity contribution in [3.05, 3.63) is 35.0 Å². The van der Waals surface area contributed by atoms with Crippen LogP contribution >= 0.6 is 0 Å². The number of nitrogens with one attached hydrogen (secondary N) is 1. The quantitative estimate of drug-likeness (QED) is 0.846. The van der Waals surface area contributed by atoms with Gasteiger partial charge in [0.1, 0.15) is 17.1 Å². The van der Waals surface area contributed by atoms with Gasteiger partial charge in [0, 0.05) is 11.3 Å². The summed E-state index contributed by atoms with van der Waals surface area (Å²) in [4.78, 5) is 27.4. The van der Waals surface area contributed by atoms with Gasteiger partial charge in [-0.05, 0) is 25.1 Å². The fourth-order valence-electron chi connectivity index (χ4n) is 2.50. The molecule has 0 aliphatic heterocycles. The lowest BCUT2D eigenvalue weighted by atomic mass is 10.0. The minimum Gasteiger partial charge on any atom is -0.497 e. The van der Waals surface area contributed by atoms with Crippen LogP contribution in [0, 0.1) is 6.92 Å². The Morgan fingerprint density at radius 3 is 2.08 bits per heavy atom. The average Bonchev–Trinajstić information content (AvgIpc) is 2.96. The Morgan fingerprint density at radius 2 is 1.54 bits per heavy atom. The topological polar surface area (TPSA) is 86.9 Å². The molecule has 0 aliphatic rings. The number of carbonyl (C=O) groups is 2. The minimum atomic E-state index is -0.653. The second-order valence-corrected chi connectivity index (χ2v) is 4.92. The first-order chi connectivity index (χ1) is 11.5. The summed E-state index contributed by atoms with van der Waals surface area (Å²) in [6, 6.07) is 5.15. The Morgan fingerprint density at radius 1 is 0.917 bits per heavy atom. The van der Waals surface area contributed by atoms with Crippen molar-refractivity contribution >= 4 is 11.9 Å². The van der Waals surface area contributed by atoms with Gasteiger partial charge in [-0.3, -0.25) is 0 Å². The summed E-state index contributed by atoms with van der Waals surface area (Å²) in [6.07, 6.45) is 0. The lowest BCUT2D eigenvalue weighted by Crippen LogP contribution is -2.11. The molecule has 0 atom stereocenters. The summed E-state index contributed by atoms with van der Waals surface area (Å²) in [7, 11) is 5.55. The van der Waals surface area contributed by atoms with Gasteiger partial charge < -0.3 is 23.9 Å². The Hall–Kier alpha value is -2.96. The van der Waals surface area contributed by atoms with E-state index >= 15 is 0 Å². The molecule has 7 heteroatoms. The highest BCUT2D eigenvalue weighted by Gasteiger charge is 2.29. The molecule has 0 spiro atoms. The monoisotopic (exact) mass is 333 g/mol. The number of hydrogen-bond acceptors (Lipinski definition) is 6.